The van der Waals surface area contributed by atoms with E-state index in [1.165, 1.54) is 0 Å². The molecule has 0 spiro atoms. The van der Waals surface area contributed by atoms with E-state index in [0.29, 0.717) is 0 Å². The maximum absolute atomic E-state index is 5.22. The van der Waals surface area contributed by atoms with Gasteiger partial charge in [-0.1, -0.05) is 28.1 Å². The monoisotopic (exact) mass is 302 g/mol. The molecule has 3 nitrogen and oxygen atoms in total. The van der Waals surface area contributed by atoms with Crippen molar-refractivity contribution in [1.29, 1.82) is 0 Å². The van der Waals surface area contributed by atoms with Crippen molar-refractivity contribution in [3.05, 3.63) is 46.9 Å². The number of imidazole rings is 1. The highest BCUT2D eigenvalue weighted by Gasteiger charge is 2.06. The van der Waals surface area contributed by atoms with Gasteiger partial charge in [-0.3, -0.25) is 0 Å². The van der Waals surface area contributed by atoms with E-state index in [4.69, 9.17) is 4.74 Å². The molecule has 0 bridgehead atoms. The fourth-order valence-electron chi connectivity index (χ4n) is 1.89. The van der Waals surface area contributed by atoms with E-state index in [-0.39, 0.29) is 0 Å². The van der Waals surface area contributed by atoms with Crippen LogP contribution in [-0.4, -0.2) is 17.1 Å². The van der Waals surface area contributed by atoms with Gasteiger partial charge in [0.15, 0.2) is 0 Å². The minimum Gasteiger partial charge on any atom is -0.497 e. The first-order valence-corrected chi connectivity index (χ1v) is 6.35. The third-order valence-electron chi connectivity index (χ3n) is 2.79. The molecule has 0 aliphatic heterocycles. The van der Waals surface area contributed by atoms with Crippen LogP contribution in [0.2, 0.25) is 0 Å². The maximum atomic E-state index is 5.22. The van der Waals surface area contributed by atoms with Gasteiger partial charge in [-0.05, 0) is 30.3 Å². The first kappa shape index (κ1) is 11.3. The molecule has 0 aliphatic carbocycles. The lowest BCUT2D eigenvalue weighted by Gasteiger charge is -2.01. The lowest BCUT2D eigenvalue weighted by Crippen LogP contribution is -1.84. The predicted octanol–water partition coefficient (Wildman–Crippen LogP) is 4.00. The van der Waals surface area contributed by atoms with E-state index in [1.54, 1.807) is 7.11 Å². The lowest BCUT2D eigenvalue weighted by atomic mass is 10.2. The molecule has 4 heteroatoms. The van der Waals surface area contributed by atoms with E-state index < -0.39 is 0 Å². The summed E-state index contributed by atoms with van der Waals surface area (Å²) in [6.07, 6.45) is 0. The predicted molar refractivity (Wildman–Crippen MR) is 75.8 cm³/mol. The second kappa shape index (κ2) is 4.46. The fourth-order valence-corrected chi connectivity index (χ4v) is 2.25. The van der Waals surface area contributed by atoms with Crippen LogP contribution < -0.4 is 4.74 Å². The topological polar surface area (TPSA) is 37.9 Å². The van der Waals surface area contributed by atoms with E-state index in [1.807, 2.05) is 42.5 Å². The lowest BCUT2D eigenvalue weighted by molar-refractivity contribution is 0.415. The molecule has 1 N–H and O–H groups in total. The van der Waals surface area contributed by atoms with Gasteiger partial charge in [0.1, 0.15) is 11.6 Å². The summed E-state index contributed by atoms with van der Waals surface area (Å²) in [5, 5.41) is 0. The maximum Gasteiger partial charge on any atom is 0.138 e. The summed E-state index contributed by atoms with van der Waals surface area (Å²) < 4.78 is 6.26. The molecule has 90 valence electrons. The number of aromatic amines is 1. The van der Waals surface area contributed by atoms with Crippen LogP contribution in [-0.2, 0) is 0 Å². The Morgan fingerprint density at radius 2 is 2.06 bits per heavy atom. The highest BCUT2D eigenvalue weighted by molar-refractivity contribution is 9.10. The van der Waals surface area contributed by atoms with E-state index in [2.05, 4.69) is 25.9 Å². The molecule has 0 saturated heterocycles. The minimum absolute atomic E-state index is 0.828. The quantitative estimate of drug-likeness (QED) is 0.777. The van der Waals surface area contributed by atoms with Gasteiger partial charge in [0, 0.05) is 10.0 Å². The van der Waals surface area contributed by atoms with Crippen LogP contribution >= 0.6 is 15.9 Å². The molecule has 0 saturated carbocycles. The Morgan fingerprint density at radius 1 is 1.17 bits per heavy atom. The van der Waals surface area contributed by atoms with Gasteiger partial charge in [0.25, 0.3) is 0 Å². The first-order chi connectivity index (χ1) is 8.76. The Kier molecular flexibility index (Phi) is 2.80. The van der Waals surface area contributed by atoms with Crippen LogP contribution in [0.5, 0.6) is 5.75 Å². The molecule has 0 unspecified atom stereocenters. The van der Waals surface area contributed by atoms with Gasteiger partial charge in [0.05, 0.1) is 18.1 Å². The molecule has 18 heavy (non-hydrogen) atoms. The number of hydrogen-bond donors (Lipinski definition) is 1. The van der Waals surface area contributed by atoms with Crippen LogP contribution in [0.25, 0.3) is 22.4 Å². The van der Waals surface area contributed by atoms with Crippen LogP contribution in [0.1, 0.15) is 0 Å². The van der Waals surface area contributed by atoms with Gasteiger partial charge in [0.2, 0.25) is 0 Å². The molecule has 1 aromatic heterocycles. The number of benzene rings is 2. The second-order valence-corrected chi connectivity index (χ2v) is 4.89. The molecule has 2 aromatic carbocycles. The normalized spacial score (nSPS) is 10.8. The molecular weight excluding hydrogens is 292 g/mol. The van der Waals surface area contributed by atoms with Crippen molar-refractivity contribution in [2.45, 2.75) is 0 Å². The number of aromatic nitrogens is 2. The Labute approximate surface area is 113 Å². The summed E-state index contributed by atoms with van der Waals surface area (Å²) in [5.74, 6) is 1.68. The third-order valence-corrected chi connectivity index (χ3v) is 3.28. The van der Waals surface area contributed by atoms with Gasteiger partial charge in [-0.15, -0.1) is 0 Å². The summed E-state index contributed by atoms with van der Waals surface area (Å²) in [6.45, 7) is 0. The van der Waals surface area contributed by atoms with Gasteiger partial charge in [-0.2, -0.15) is 0 Å². The number of halogens is 1. The zero-order valence-electron chi connectivity index (χ0n) is 9.77. The Hall–Kier alpha value is -1.81. The Bertz CT molecular complexity index is 706. The van der Waals surface area contributed by atoms with Gasteiger partial charge in [-0.25, -0.2) is 4.98 Å². The molecule has 0 radical (unpaired) electrons. The minimum atomic E-state index is 0.828. The number of methoxy groups -OCH3 is 1. The largest absolute Gasteiger partial charge is 0.497 e. The number of hydrogen-bond acceptors (Lipinski definition) is 2. The number of nitrogens with one attached hydrogen (secondary N) is 1. The molecule has 1 heterocycles. The van der Waals surface area contributed by atoms with E-state index >= 15 is 0 Å². The molecule has 0 aliphatic rings. The van der Waals surface area contributed by atoms with Gasteiger partial charge >= 0.3 is 0 Å². The highest BCUT2D eigenvalue weighted by Crippen LogP contribution is 2.25. The number of nitrogens with zero attached hydrogens (tertiary/aromatic N) is 1. The van der Waals surface area contributed by atoms with Gasteiger partial charge < -0.3 is 9.72 Å². The SMILES string of the molecule is COc1cccc(-c2nc3ccc(Br)cc3[nH]2)c1. The molecule has 0 fully saturated rings. The first-order valence-electron chi connectivity index (χ1n) is 5.56. The zero-order chi connectivity index (χ0) is 12.5. The number of fused-ring (bicyclic) bond motifs is 1. The average Bonchev–Trinajstić information content (AvgIpc) is 2.81. The molecule has 0 amide bonds. The van der Waals surface area contributed by atoms with Crippen molar-refractivity contribution in [1.82, 2.24) is 9.97 Å². The van der Waals surface area contributed by atoms with Crippen molar-refractivity contribution in [3.8, 4) is 17.1 Å². The van der Waals surface area contributed by atoms with Crippen molar-refractivity contribution < 1.29 is 4.74 Å². The zero-order valence-corrected chi connectivity index (χ0v) is 11.4. The molecule has 3 aromatic rings. The Balaban J connectivity index is 2.13. The molecule has 0 atom stereocenters. The number of rotatable bonds is 2. The van der Waals surface area contributed by atoms with Crippen LogP contribution in [0.3, 0.4) is 0 Å². The van der Waals surface area contributed by atoms with Crippen LogP contribution in [0.15, 0.2) is 46.9 Å². The summed E-state index contributed by atoms with van der Waals surface area (Å²) in [6, 6.07) is 13.8. The van der Waals surface area contributed by atoms with Crippen molar-refractivity contribution in [2.75, 3.05) is 7.11 Å². The van der Waals surface area contributed by atoms with Crippen molar-refractivity contribution in [2.24, 2.45) is 0 Å². The van der Waals surface area contributed by atoms with Crippen molar-refractivity contribution >= 4 is 27.0 Å². The van der Waals surface area contributed by atoms with E-state index in [0.717, 1.165) is 32.6 Å². The summed E-state index contributed by atoms with van der Waals surface area (Å²) in [4.78, 5) is 7.87. The standard InChI is InChI=1S/C14H11BrN2O/c1-18-11-4-2-3-9(7-11)14-16-12-6-5-10(15)8-13(12)17-14/h2-8H,1H3,(H,16,17). The van der Waals surface area contributed by atoms with E-state index in [9.17, 15) is 0 Å². The molecule has 3 rings (SSSR count). The smallest absolute Gasteiger partial charge is 0.138 e. The fraction of sp³-hybridized carbons (Fsp3) is 0.0714. The third kappa shape index (κ3) is 1.99. The Morgan fingerprint density at radius 3 is 2.89 bits per heavy atom. The summed E-state index contributed by atoms with van der Waals surface area (Å²) in [7, 11) is 1.66. The van der Waals surface area contributed by atoms with Crippen molar-refractivity contribution in [3.63, 3.8) is 0 Å². The van der Waals surface area contributed by atoms with Crippen LogP contribution in [0.4, 0.5) is 0 Å². The summed E-state index contributed by atoms with van der Waals surface area (Å²) >= 11 is 3.45. The average molecular weight is 303 g/mol. The highest BCUT2D eigenvalue weighted by atomic mass is 79.9. The number of ether oxygens (including phenoxy) is 1. The second-order valence-electron chi connectivity index (χ2n) is 3.98. The number of H-pyrrole nitrogens is 1. The molecular formula is C14H11BrN2O. The summed E-state index contributed by atoms with van der Waals surface area (Å²) in [5.41, 5.74) is 2.99. The van der Waals surface area contributed by atoms with Crippen LogP contribution in [0, 0.1) is 0 Å².